The van der Waals surface area contributed by atoms with Crippen molar-refractivity contribution < 1.29 is 38.4 Å². The van der Waals surface area contributed by atoms with Crippen molar-refractivity contribution >= 4 is 221 Å². The van der Waals surface area contributed by atoms with Crippen LogP contribution in [0.3, 0.4) is 0 Å². The molecule has 0 N–H and O–H groups in total. The molecule has 0 saturated carbocycles. The van der Waals surface area contributed by atoms with E-state index in [1.165, 1.54) is 0 Å². The first-order valence-corrected chi connectivity index (χ1v) is 34.4. The van der Waals surface area contributed by atoms with Gasteiger partial charge in [-0.1, -0.05) is 97.1 Å². The van der Waals surface area contributed by atoms with Gasteiger partial charge >= 0.3 is 19.5 Å². The van der Waals surface area contributed by atoms with Crippen LogP contribution >= 0.6 is 0 Å². The standard InChI is InChI=1S/C68H40B24N8O4.Zn/c69-81-61-65(85-73,89(61)77)29-33-13-21-37(22-14-33)101-45-9-1-5-41-49(45)57-93-53(41)97-58-50-42(6-2-10-46(50)102-38-23-15-34(16-24-38)30-66(86-74)62(82-70)90(66)78)55(94-58)99-60-52-44(8-4-12-48(52)104-40-27-19-36(20-28-40)32-68(88-76)64(84-72)92(68)80)56(96-60)100-59-51-43(54(95-59)98-57)7-3-11-47(51)103-39-25-17-35(18-26-39)31-67(87-75)63(83-71)91(67)79;/h1-28,61-64H,29-32H2;/q-2;+2/i81-1,82-1,83-1,84-1,85-1,86-1,87-1,88-1,89-1,90-1,91-1,92-1;. The summed E-state index contributed by atoms with van der Waals surface area (Å²) in [6, 6.07) is 53.9. The second-order valence-corrected chi connectivity index (χ2v) is 28.0. The van der Waals surface area contributed by atoms with Gasteiger partial charge in [0.1, 0.15) is 46.0 Å². The fourth-order valence-electron chi connectivity index (χ4n) is 16.0. The Morgan fingerprint density at radius 1 is 0.324 bits per heavy atom. The second-order valence-electron chi connectivity index (χ2n) is 28.0. The summed E-state index contributed by atoms with van der Waals surface area (Å²) in [6.45, 7) is -0.747. The largest absolute Gasteiger partial charge is 2.00 e. The first kappa shape index (κ1) is 71.7. The Morgan fingerprint density at radius 3 is 0.867 bits per heavy atom. The number of nitrogens with zero attached hydrogens (tertiary/aromatic N) is 8. The van der Waals surface area contributed by atoms with Crippen LogP contribution in [0, 0.1) is 0 Å². The molecule has 32 radical (unpaired) electrons. The van der Waals surface area contributed by atoms with Gasteiger partial charge in [0, 0.05) is 166 Å². The summed E-state index contributed by atoms with van der Waals surface area (Å²) in [6.07, 6.45) is 2.38. The summed E-state index contributed by atoms with van der Waals surface area (Å²) in [5, 5.41) is 0.464. The molecule has 6 aliphatic rings. The maximum atomic E-state index is 6.88. The Morgan fingerprint density at radius 2 is 0.590 bits per heavy atom. The molecule has 105 heavy (non-hydrogen) atoms. The van der Waals surface area contributed by atoms with E-state index in [1.807, 2.05) is 170 Å². The number of fused-ring (bicyclic) bond motifs is 20. The minimum atomic E-state index is -0.448. The molecule has 0 aliphatic carbocycles. The van der Waals surface area contributed by atoms with Gasteiger partial charge in [-0.3, -0.25) is 0 Å². The summed E-state index contributed by atoms with van der Waals surface area (Å²) < 4.78 is 27.5. The molecule has 6 aliphatic heterocycles. The number of aromatic nitrogens is 8. The molecule has 3 aromatic heterocycles. The molecule has 0 amide bonds. The molecular weight excluding hydrogens is 1310 g/mol. The fraction of sp³-hybridized carbons (Fsp3) is 0.176. The van der Waals surface area contributed by atoms with E-state index < -0.39 is 20.9 Å². The molecule has 0 spiro atoms. The zero-order valence-electron chi connectivity index (χ0n) is 57.1. The van der Waals surface area contributed by atoms with Crippen molar-refractivity contribution in [3.63, 3.8) is 0 Å². The zero-order valence-corrected chi connectivity index (χ0v) is 60.0. The Kier molecular flexibility index (Phi) is 19.3. The zero-order chi connectivity index (χ0) is 71.6. The van der Waals surface area contributed by atoms with Crippen LogP contribution in [0.4, 0.5) is 0 Å². The van der Waals surface area contributed by atoms with Crippen LogP contribution in [0.1, 0.15) is 22.3 Å². The molecule has 8 atom stereocenters. The number of benzene rings is 8. The van der Waals surface area contributed by atoms with Crippen molar-refractivity contribution in [1.29, 1.82) is 0 Å². The van der Waals surface area contributed by atoms with E-state index in [4.69, 9.17) is 152 Å². The van der Waals surface area contributed by atoms with Crippen molar-refractivity contribution in [3.8, 4) is 91.5 Å². The first-order chi connectivity index (χ1) is 50.6. The van der Waals surface area contributed by atoms with Crippen LogP contribution in [0.25, 0.3) is 89.7 Å². The predicted molar refractivity (Wildman–Crippen MR) is 439 cm³/mol. The molecule has 8 bridgehead atoms. The van der Waals surface area contributed by atoms with E-state index in [0.29, 0.717) is 115 Å². The average molecular weight is 1350 g/mol. The molecule has 37 heteroatoms. The molecular formula is C68H40B24N8O4Zn. The van der Waals surface area contributed by atoms with Gasteiger partial charge in [0.05, 0.1) is 89.5 Å². The van der Waals surface area contributed by atoms with Gasteiger partial charge in [-0.2, -0.15) is 0 Å². The molecule has 9 heterocycles. The van der Waals surface area contributed by atoms with Crippen LogP contribution in [0.2, 0.25) is 43.7 Å². The average Bonchev–Trinajstić information content (AvgIpc) is 1.58. The van der Waals surface area contributed by atoms with Gasteiger partial charge in [0.15, 0.2) is 0 Å². The normalized spacial score (nSPS) is 21.9. The Bertz CT molecular complexity index is 5050. The maximum absolute atomic E-state index is 6.88. The van der Waals surface area contributed by atoms with E-state index in [0.717, 1.165) is 22.3 Å². The van der Waals surface area contributed by atoms with Crippen molar-refractivity contribution in [2.45, 2.75) is 69.4 Å². The van der Waals surface area contributed by atoms with Gasteiger partial charge in [-0.25, -0.2) is 9.97 Å². The van der Waals surface area contributed by atoms with Crippen LogP contribution in [-0.4, -0.2) is 207 Å². The molecule has 17 rings (SSSR count). The SMILES string of the molecule is [B][10B]C1[10B]([B])C1([10B][B])Cc1ccc(Oc2cccc3c2-c2nc-3nc3[n-]c(nc4nc(nc5[n-]c(n2)c2cccc(Oc6ccc(CC7([10B][B])[10B]([B])C7[10B][B])cc6)c52)-c2cccc(Oc5ccc(CC6([10B][B])[10B]([B])C6[10B][B])cc5)c2-4)c2cccc(Oc4ccc(CC5([10B][B])[10B]([B])C5[10B][B])cc4)c32)cc1.[Zn+2]. The molecule has 4 saturated heterocycles. The Labute approximate surface area is 647 Å². The maximum Gasteiger partial charge on any atom is 2.00 e. The number of hydrogen-bond acceptors (Lipinski definition) is 10. The molecule has 450 valence electrons. The third-order valence-corrected chi connectivity index (χ3v) is 22.4. The molecule has 4 fully saturated rings. The molecule has 8 aromatic carbocycles. The van der Waals surface area contributed by atoms with Gasteiger partial charge < -0.3 is 48.9 Å². The van der Waals surface area contributed by atoms with Gasteiger partial charge in [-0.15, -0.1) is 43.7 Å². The molecule has 8 unspecified atom stereocenters. The summed E-state index contributed by atoms with van der Waals surface area (Å²) in [5.74, 6) is 4.94. The van der Waals surface area contributed by atoms with E-state index in [1.54, 1.807) is 57.4 Å². The van der Waals surface area contributed by atoms with Crippen molar-refractivity contribution in [1.82, 2.24) is 39.9 Å². The monoisotopic (exact) mass is 1350 g/mol. The van der Waals surface area contributed by atoms with Crippen LogP contribution in [-0.2, 0) is 45.2 Å². The third kappa shape index (κ3) is 12.3. The minimum Gasteiger partial charge on any atom is -0.457 e. The van der Waals surface area contributed by atoms with Crippen LogP contribution in [0.5, 0.6) is 46.0 Å². The third-order valence-electron chi connectivity index (χ3n) is 22.4. The summed E-state index contributed by atoms with van der Waals surface area (Å²) in [5.41, 5.74) is 7.14. The van der Waals surface area contributed by atoms with E-state index in [2.05, 4.69) is 0 Å². The summed E-state index contributed by atoms with van der Waals surface area (Å²) in [4.78, 5) is 42.8. The number of hydrogen-bond donors (Lipinski definition) is 0. The topological polar surface area (TPSA) is 142 Å². The van der Waals surface area contributed by atoms with E-state index in [9.17, 15) is 0 Å². The van der Waals surface area contributed by atoms with E-state index >= 15 is 0 Å². The van der Waals surface area contributed by atoms with Crippen LogP contribution < -0.4 is 28.9 Å². The summed E-state index contributed by atoms with van der Waals surface area (Å²) in [7, 11) is 87.9. The van der Waals surface area contributed by atoms with Crippen LogP contribution in [0.15, 0.2) is 170 Å². The number of rotatable bonds is 24. The quantitative estimate of drug-likeness (QED) is 0.0605. The van der Waals surface area contributed by atoms with Crippen molar-refractivity contribution in [3.05, 3.63) is 192 Å². The second kappa shape index (κ2) is 28.3. The van der Waals surface area contributed by atoms with E-state index in [-0.39, 0.29) is 115 Å². The summed E-state index contributed by atoms with van der Waals surface area (Å²) >= 11 is 0. The molecule has 11 aromatic rings. The Hall–Kier alpha value is -7.50. The van der Waals surface area contributed by atoms with Gasteiger partial charge in [0.2, 0.25) is 0 Å². The van der Waals surface area contributed by atoms with Crippen molar-refractivity contribution in [2.75, 3.05) is 0 Å². The van der Waals surface area contributed by atoms with Gasteiger partial charge in [0.25, 0.3) is 0 Å². The smallest absolute Gasteiger partial charge is 0.457 e. The van der Waals surface area contributed by atoms with Crippen molar-refractivity contribution in [2.24, 2.45) is 0 Å². The first-order valence-electron chi connectivity index (χ1n) is 34.4. The number of ether oxygens (including phenoxy) is 4. The van der Waals surface area contributed by atoms with Gasteiger partial charge in [-0.05, 0) is 132 Å². The predicted octanol–water partition coefficient (Wildman–Crippen LogP) is 6.56. The molecule has 12 nitrogen and oxygen atoms in total. The minimum absolute atomic E-state index is 0. The Balaban J connectivity index is 0.00000847. The fourth-order valence-corrected chi connectivity index (χ4v) is 16.0.